The molecule has 0 spiro atoms. The molecule has 0 heterocycles. The fourth-order valence-corrected chi connectivity index (χ4v) is 1.36. The molecule has 0 aliphatic heterocycles. The first kappa shape index (κ1) is 12.2. The molecule has 0 aliphatic rings. The number of para-hydroxylation sites is 1. The van der Waals surface area contributed by atoms with Gasteiger partial charge in [-0.2, -0.15) is 0 Å². The summed E-state index contributed by atoms with van der Waals surface area (Å²) in [6.45, 7) is 1.47. The summed E-state index contributed by atoms with van der Waals surface area (Å²) in [5, 5.41) is 0. The molecule has 0 unspecified atom stereocenters. The van der Waals surface area contributed by atoms with E-state index in [1.54, 1.807) is 45.4 Å². The van der Waals surface area contributed by atoms with Crippen molar-refractivity contribution in [3.8, 4) is 0 Å². The predicted molar refractivity (Wildman–Crippen MR) is 63.5 cm³/mol. The Bertz CT molecular complexity index is 413. The van der Waals surface area contributed by atoms with E-state index in [1.165, 1.54) is 16.7 Å². The number of anilines is 1. The van der Waals surface area contributed by atoms with Crippen LogP contribution in [0.5, 0.6) is 0 Å². The van der Waals surface area contributed by atoms with E-state index in [0.29, 0.717) is 11.3 Å². The summed E-state index contributed by atoms with van der Waals surface area (Å²) in [5.74, 6) is -0.206. The zero-order valence-electron chi connectivity index (χ0n) is 10.0. The van der Waals surface area contributed by atoms with Gasteiger partial charge in [-0.1, -0.05) is 12.1 Å². The number of hydrogen-bond acceptors (Lipinski definition) is 2. The number of hydrogen-bond donors (Lipinski definition) is 0. The third-order valence-corrected chi connectivity index (χ3v) is 2.37. The lowest BCUT2D eigenvalue weighted by molar-refractivity contribution is -0.116. The van der Waals surface area contributed by atoms with E-state index in [1.807, 2.05) is 0 Å². The van der Waals surface area contributed by atoms with Crippen molar-refractivity contribution in [3.63, 3.8) is 0 Å². The lowest BCUT2D eigenvalue weighted by atomic mass is 10.1. The average molecular weight is 220 g/mol. The third kappa shape index (κ3) is 2.39. The smallest absolute Gasteiger partial charge is 0.255 e. The Morgan fingerprint density at radius 2 is 1.62 bits per heavy atom. The minimum Gasteiger partial charge on any atom is -0.345 e. The minimum atomic E-state index is -0.108. The number of benzene rings is 1. The third-order valence-electron chi connectivity index (χ3n) is 2.37. The molecular formula is C12H16N2O2. The molecule has 0 radical (unpaired) electrons. The second-order valence-corrected chi connectivity index (χ2v) is 3.79. The molecule has 0 bridgehead atoms. The Labute approximate surface area is 95.5 Å². The first-order valence-electron chi connectivity index (χ1n) is 5.00. The van der Waals surface area contributed by atoms with Gasteiger partial charge in [0, 0.05) is 28.1 Å². The van der Waals surface area contributed by atoms with Gasteiger partial charge in [0.1, 0.15) is 0 Å². The Morgan fingerprint density at radius 1 is 1.06 bits per heavy atom. The Kier molecular flexibility index (Phi) is 3.66. The standard InChI is InChI=1S/C12H16N2O2/c1-9(15)14(4)11-8-6-5-7-10(11)12(16)13(2)3/h5-8H,1-4H3. The minimum absolute atomic E-state index is 0.0981. The first-order valence-corrected chi connectivity index (χ1v) is 5.00. The number of nitrogens with zero attached hydrogens (tertiary/aromatic N) is 2. The molecule has 1 aromatic rings. The molecule has 0 saturated carbocycles. The number of carbonyl (C=O) groups excluding carboxylic acids is 2. The van der Waals surface area contributed by atoms with Gasteiger partial charge >= 0.3 is 0 Å². The number of rotatable bonds is 2. The molecule has 16 heavy (non-hydrogen) atoms. The fraction of sp³-hybridized carbons (Fsp3) is 0.333. The van der Waals surface area contributed by atoms with Gasteiger partial charge in [-0.3, -0.25) is 9.59 Å². The maximum atomic E-state index is 11.9. The molecule has 0 fully saturated rings. The van der Waals surface area contributed by atoms with Crippen LogP contribution in [0.2, 0.25) is 0 Å². The van der Waals surface area contributed by atoms with E-state index in [0.717, 1.165) is 0 Å². The summed E-state index contributed by atoms with van der Waals surface area (Å²) in [4.78, 5) is 26.1. The SMILES string of the molecule is CC(=O)N(C)c1ccccc1C(=O)N(C)C. The van der Waals surface area contributed by atoms with Crippen molar-refractivity contribution in [2.24, 2.45) is 0 Å². The molecular weight excluding hydrogens is 204 g/mol. The van der Waals surface area contributed by atoms with E-state index >= 15 is 0 Å². The van der Waals surface area contributed by atoms with Crippen LogP contribution in [-0.2, 0) is 4.79 Å². The fourth-order valence-electron chi connectivity index (χ4n) is 1.36. The molecule has 0 aliphatic carbocycles. The number of amides is 2. The normalized spacial score (nSPS) is 9.75. The highest BCUT2D eigenvalue weighted by molar-refractivity contribution is 6.03. The van der Waals surface area contributed by atoms with Gasteiger partial charge in [0.15, 0.2) is 0 Å². The topological polar surface area (TPSA) is 40.6 Å². The molecule has 2 amide bonds. The summed E-state index contributed by atoms with van der Waals surface area (Å²) in [7, 11) is 5.03. The quantitative estimate of drug-likeness (QED) is 0.755. The van der Waals surface area contributed by atoms with Gasteiger partial charge in [-0.15, -0.1) is 0 Å². The van der Waals surface area contributed by atoms with E-state index in [4.69, 9.17) is 0 Å². The van der Waals surface area contributed by atoms with Gasteiger partial charge in [0.05, 0.1) is 11.3 Å². The van der Waals surface area contributed by atoms with Crippen LogP contribution in [0.15, 0.2) is 24.3 Å². The van der Waals surface area contributed by atoms with Crippen molar-refractivity contribution >= 4 is 17.5 Å². The van der Waals surface area contributed by atoms with Crippen LogP contribution < -0.4 is 4.90 Å². The van der Waals surface area contributed by atoms with Gasteiger partial charge in [-0.05, 0) is 12.1 Å². The molecule has 0 N–H and O–H groups in total. The van der Waals surface area contributed by atoms with Gasteiger partial charge in [0.25, 0.3) is 5.91 Å². The van der Waals surface area contributed by atoms with Crippen LogP contribution in [0.25, 0.3) is 0 Å². The van der Waals surface area contributed by atoms with Crippen molar-refractivity contribution < 1.29 is 9.59 Å². The first-order chi connectivity index (χ1) is 7.45. The molecule has 0 saturated heterocycles. The van der Waals surface area contributed by atoms with E-state index < -0.39 is 0 Å². The summed E-state index contributed by atoms with van der Waals surface area (Å²) in [5.41, 5.74) is 1.17. The number of carbonyl (C=O) groups is 2. The van der Waals surface area contributed by atoms with Gasteiger partial charge in [0.2, 0.25) is 5.91 Å². The highest BCUT2D eigenvalue weighted by atomic mass is 16.2. The van der Waals surface area contributed by atoms with Crippen LogP contribution in [0, 0.1) is 0 Å². The Balaban J connectivity index is 3.20. The van der Waals surface area contributed by atoms with Crippen molar-refractivity contribution in [2.75, 3.05) is 26.0 Å². The molecule has 4 nitrogen and oxygen atoms in total. The maximum Gasteiger partial charge on any atom is 0.255 e. The van der Waals surface area contributed by atoms with Crippen LogP contribution in [-0.4, -0.2) is 37.9 Å². The zero-order valence-corrected chi connectivity index (χ0v) is 10.0. The largest absolute Gasteiger partial charge is 0.345 e. The van der Waals surface area contributed by atoms with E-state index in [-0.39, 0.29) is 11.8 Å². The van der Waals surface area contributed by atoms with Crippen molar-refractivity contribution in [3.05, 3.63) is 29.8 Å². The summed E-state index contributed by atoms with van der Waals surface area (Å²) in [6.07, 6.45) is 0. The van der Waals surface area contributed by atoms with E-state index in [2.05, 4.69) is 0 Å². The van der Waals surface area contributed by atoms with Crippen molar-refractivity contribution in [1.82, 2.24) is 4.90 Å². The van der Waals surface area contributed by atoms with Crippen molar-refractivity contribution in [1.29, 1.82) is 0 Å². The lowest BCUT2D eigenvalue weighted by Crippen LogP contribution is -2.28. The summed E-state index contributed by atoms with van der Waals surface area (Å²) in [6, 6.07) is 7.07. The second-order valence-electron chi connectivity index (χ2n) is 3.79. The van der Waals surface area contributed by atoms with Crippen molar-refractivity contribution in [2.45, 2.75) is 6.92 Å². The molecule has 0 aromatic heterocycles. The molecule has 4 heteroatoms. The van der Waals surface area contributed by atoms with Gasteiger partial charge < -0.3 is 9.80 Å². The molecule has 1 aromatic carbocycles. The van der Waals surface area contributed by atoms with Crippen LogP contribution in [0.3, 0.4) is 0 Å². The highest BCUT2D eigenvalue weighted by Crippen LogP contribution is 2.20. The summed E-state index contributed by atoms with van der Waals surface area (Å²) >= 11 is 0. The van der Waals surface area contributed by atoms with Crippen LogP contribution >= 0.6 is 0 Å². The maximum absolute atomic E-state index is 11.9. The van der Waals surface area contributed by atoms with Gasteiger partial charge in [-0.25, -0.2) is 0 Å². The second kappa shape index (κ2) is 4.79. The van der Waals surface area contributed by atoms with Crippen LogP contribution in [0.4, 0.5) is 5.69 Å². The Hall–Kier alpha value is -1.84. The molecule has 0 atom stereocenters. The van der Waals surface area contributed by atoms with Crippen LogP contribution in [0.1, 0.15) is 17.3 Å². The summed E-state index contributed by atoms with van der Waals surface area (Å²) < 4.78 is 0. The lowest BCUT2D eigenvalue weighted by Gasteiger charge is -2.20. The highest BCUT2D eigenvalue weighted by Gasteiger charge is 2.16. The molecule has 86 valence electrons. The monoisotopic (exact) mass is 220 g/mol. The average Bonchev–Trinajstić information content (AvgIpc) is 2.26. The zero-order chi connectivity index (χ0) is 12.3. The van der Waals surface area contributed by atoms with E-state index in [9.17, 15) is 9.59 Å². The predicted octanol–water partition coefficient (Wildman–Crippen LogP) is 1.37. The molecule has 1 rings (SSSR count). The Morgan fingerprint density at radius 3 is 2.12 bits per heavy atom.